The van der Waals surface area contributed by atoms with Crippen molar-refractivity contribution in [3.05, 3.63) is 12.1 Å². The quantitative estimate of drug-likeness (QED) is 0.205. The van der Waals surface area contributed by atoms with E-state index in [0.717, 1.165) is 0 Å². The van der Waals surface area contributed by atoms with Crippen LogP contribution in [0.2, 0.25) is 0 Å². The first-order chi connectivity index (χ1) is 15.1. The molecule has 4 atom stereocenters. The molecule has 16 heteroatoms. The Kier molecular flexibility index (Phi) is 5.95. The summed E-state index contributed by atoms with van der Waals surface area (Å²) in [5, 5.41) is 28.6. The number of hydrogen-bond donors (Lipinski definition) is 6. The molecule has 1 aromatic carbocycles. The smallest absolute Gasteiger partial charge is 0.242 e. The molecule has 4 rings (SSSR count). The Hall–Kier alpha value is -2.21. The monoisotopic (exact) mass is 487 g/mol. The number of aromatic nitrogens is 4. The minimum Gasteiger partial charge on any atom is -0.390 e. The molecular weight excluding hydrogens is 462 g/mol. The van der Waals surface area contributed by atoms with Crippen LogP contribution in [0.3, 0.4) is 0 Å². The summed E-state index contributed by atoms with van der Waals surface area (Å²) in [6.07, 6.45) is -1.15. The van der Waals surface area contributed by atoms with Crippen LogP contribution in [0.4, 0.5) is 5.69 Å². The van der Waals surface area contributed by atoms with Crippen LogP contribution < -0.4 is 26.2 Å². The maximum absolute atomic E-state index is 12.9. The molecule has 0 bridgehead atoms. The van der Waals surface area contributed by atoms with Crippen molar-refractivity contribution >= 4 is 25.7 Å². The summed E-state index contributed by atoms with van der Waals surface area (Å²) in [5.41, 5.74) is 11.5. The minimum absolute atomic E-state index is 0.0610. The maximum Gasteiger partial charge on any atom is 0.242 e. The van der Waals surface area contributed by atoms with Crippen molar-refractivity contribution in [2.75, 3.05) is 37.6 Å². The lowest BCUT2D eigenvalue weighted by Gasteiger charge is -2.26. The van der Waals surface area contributed by atoms with Gasteiger partial charge in [0.25, 0.3) is 0 Å². The molecule has 0 radical (unpaired) electrons. The number of aliphatic hydroxyl groups excluding tert-OH is 1. The van der Waals surface area contributed by atoms with Gasteiger partial charge in [0.1, 0.15) is 9.79 Å². The summed E-state index contributed by atoms with van der Waals surface area (Å²) in [6, 6.07) is 2.66. The van der Waals surface area contributed by atoms with E-state index in [1.165, 1.54) is 12.1 Å². The minimum atomic E-state index is -4.56. The molecular formula is C16H25N9O5S2. The van der Waals surface area contributed by atoms with E-state index >= 15 is 0 Å². The number of nitrogens with two attached hydrogens (primary N) is 3. The average Bonchev–Trinajstić information content (AvgIpc) is 3.13. The van der Waals surface area contributed by atoms with Gasteiger partial charge >= 0.3 is 0 Å². The Morgan fingerprint density at radius 3 is 2.44 bits per heavy atom. The van der Waals surface area contributed by atoms with Crippen molar-refractivity contribution in [3.63, 3.8) is 0 Å². The Morgan fingerprint density at radius 2 is 1.91 bits per heavy atom. The molecule has 2 aliphatic rings. The van der Waals surface area contributed by atoms with Gasteiger partial charge in [0, 0.05) is 31.9 Å². The topological polar surface area (TPSA) is 236 Å². The SMILES string of the molecule is NC[C@@H](O)CNS(=O)(=O)c1ccc(N2C[C@@H]3[C@@H](CN)[C@@H]3C2)c(-c2nn[nH]n2)c1S(N)(=O)=O. The van der Waals surface area contributed by atoms with Crippen LogP contribution >= 0.6 is 0 Å². The van der Waals surface area contributed by atoms with E-state index in [1.54, 1.807) is 0 Å². The van der Waals surface area contributed by atoms with Gasteiger partial charge in [0.05, 0.1) is 11.7 Å². The number of tetrazole rings is 1. The number of nitrogens with zero attached hydrogens (tertiary/aromatic N) is 4. The number of benzene rings is 1. The highest BCUT2D eigenvalue weighted by Gasteiger charge is 2.55. The molecule has 2 fully saturated rings. The number of sulfonamides is 2. The number of fused-ring (bicyclic) bond motifs is 1. The van der Waals surface area contributed by atoms with Crippen molar-refractivity contribution in [3.8, 4) is 11.4 Å². The molecule has 0 spiro atoms. The van der Waals surface area contributed by atoms with E-state index in [-0.39, 0.29) is 17.9 Å². The average molecular weight is 488 g/mol. The lowest BCUT2D eigenvalue weighted by atomic mass is 10.1. The summed E-state index contributed by atoms with van der Waals surface area (Å²) in [6.45, 7) is 1.26. The fraction of sp³-hybridized carbons (Fsp3) is 0.562. The zero-order chi connectivity index (χ0) is 23.3. The molecule has 2 aromatic rings. The van der Waals surface area contributed by atoms with Crippen LogP contribution in [-0.4, -0.2) is 81.4 Å². The van der Waals surface area contributed by atoms with E-state index in [0.29, 0.717) is 43.1 Å². The fourth-order valence-electron chi connectivity index (χ4n) is 4.36. The molecule has 9 N–H and O–H groups in total. The van der Waals surface area contributed by atoms with E-state index in [9.17, 15) is 21.9 Å². The summed E-state index contributed by atoms with van der Waals surface area (Å²) >= 11 is 0. The third-order valence-corrected chi connectivity index (χ3v) is 8.60. The van der Waals surface area contributed by atoms with Gasteiger partial charge in [-0.15, -0.1) is 10.2 Å². The number of aromatic amines is 1. The van der Waals surface area contributed by atoms with Crippen LogP contribution in [0.5, 0.6) is 0 Å². The number of piperidine rings is 1. The third kappa shape index (κ3) is 4.09. The van der Waals surface area contributed by atoms with E-state index in [1.807, 2.05) is 4.90 Å². The van der Waals surface area contributed by atoms with Crippen LogP contribution in [-0.2, 0) is 20.0 Å². The van der Waals surface area contributed by atoms with Crippen molar-refractivity contribution in [2.24, 2.45) is 34.4 Å². The first-order valence-corrected chi connectivity index (χ1v) is 12.9. The van der Waals surface area contributed by atoms with Gasteiger partial charge in [-0.2, -0.15) is 5.21 Å². The van der Waals surface area contributed by atoms with E-state index < -0.39 is 42.5 Å². The second-order valence-corrected chi connectivity index (χ2v) is 11.2. The van der Waals surface area contributed by atoms with Crippen molar-refractivity contribution in [2.45, 2.75) is 15.9 Å². The van der Waals surface area contributed by atoms with Gasteiger partial charge in [-0.1, -0.05) is 0 Å². The number of primary sulfonamides is 1. The molecule has 1 aromatic heterocycles. The van der Waals surface area contributed by atoms with Crippen molar-refractivity contribution < 1.29 is 21.9 Å². The van der Waals surface area contributed by atoms with E-state index in [2.05, 4.69) is 25.3 Å². The van der Waals surface area contributed by atoms with E-state index in [4.69, 9.17) is 16.6 Å². The number of aliphatic hydroxyl groups is 1. The first-order valence-electron chi connectivity index (χ1n) is 9.85. The number of anilines is 1. The molecule has 1 aliphatic heterocycles. The second kappa shape index (κ2) is 8.29. The zero-order valence-electron chi connectivity index (χ0n) is 16.9. The lowest BCUT2D eigenvalue weighted by Crippen LogP contribution is -2.37. The Labute approximate surface area is 184 Å². The summed E-state index contributed by atoms with van der Waals surface area (Å²) in [5.74, 6) is 1.09. The van der Waals surface area contributed by atoms with Crippen LogP contribution in [0.15, 0.2) is 21.9 Å². The van der Waals surface area contributed by atoms with Crippen LogP contribution in [0.25, 0.3) is 11.4 Å². The molecule has 0 unspecified atom stereocenters. The molecule has 32 heavy (non-hydrogen) atoms. The standard InChI is InChI=1S/C16H25N9O5S2/c17-3-8(26)5-20-32(29,30)13-2-1-12(25-6-10-9(4-18)11(10)7-25)14(15(13)31(19,27)28)16-21-23-24-22-16/h1-2,8-11,20,26H,3-7,17-18H2,(H2,19,27,28)(H,21,22,23,24)/t8-,9-,10-,11+/m1/s1. The lowest BCUT2D eigenvalue weighted by molar-refractivity contribution is 0.186. The Balaban J connectivity index is 1.84. The van der Waals surface area contributed by atoms with Gasteiger partial charge in [-0.3, -0.25) is 0 Å². The Morgan fingerprint density at radius 1 is 1.22 bits per heavy atom. The maximum atomic E-state index is 12.9. The Bertz CT molecular complexity index is 1190. The highest BCUT2D eigenvalue weighted by Crippen LogP contribution is 2.53. The zero-order valence-corrected chi connectivity index (χ0v) is 18.6. The number of rotatable bonds is 9. The third-order valence-electron chi connectivity index (χ3n) is 6.01. The summed E-state index contributed by atoms with van der Waals surface area (Å²) < 4.78 is 53.3. The number of hydrogen-bond acceptors (Lipinski definition) is 11. The molecule has 1 aliphatic carbocycles. The first kappa shape index (κ1) is 23.0. The highest BCUT2D eigenvalue weighted by atomic mass is 32.2. The molecule has 1 saturated heterocycles. The van der Waals surface area contributed by atoms with Gasteiger partial charge < -0.3 is 21.5 Å². The molecule has 0 amide bonds. The predicted octanol–water partition coefficient (Wildman–Crippen LogP) is -3.25. The molecule has 1 saturated carbocycles. The molecule has 176 valence electrons. The molecule has 14 nitrogen and oxygen atoms in total. The van der Waals surface area contributed by atoms with Gasteiger partial charge in [0.2, 0.25) is 25.9 Å². The predicted molar refractivity (Wildman–Crippen MR) is 113 cm³/mol. The largest absolute Gasteiger partial charge is 0.390 e. The van der Waals surface area contributed by atoms with Gasteiger partial charge in [-0.25, -0.2) is 26.7 Å². The fourth-order valence-corrected chi connectivity index (χ4v) is 7.02. The van der Waals surface area contributed by atoms with Gasteiger partial charge in [-0.05, 0) is 41.6 Å². The summed E-state index contributed by atoms with van der Waals surface area (Å²) in [4.78, 5) is 0.711. The highest BCUT2D eigenvalue weighted by molar-refractivity contribution is 7.92. The second-order valence-electron chi connectivity index (χ2n) is 7.94. The van der Waals surface area contributed by atoms with Crippen molar-refractivity contribution in [1.82, 2.24) is 25.3 Å². The summed E-state index contributed by atoms with van der Waals surface area (Å²) in [7, 11) is -8.96. The van der Waals surface area contributed by atoms with Crippen molar-refractivity contribution in [1.29, 1.82) is 0 Å². The van der Waals surface area contributed by atoms with Crippen LogP contribution in [0.1, 0.15) is 0 Å². The van der Waals surface area contributed by atoms with Crippen LogP contribution in [0, 0.1) is 17.8 Å². The molecule has 2 heterocycles. The number of H-pyrrole nitrogens is 1. The number of nitrogens with one attached hydrogen (secondary N) is 2. The van der Waals surface area contributed by atoms with Gasteiger partial charge in [0.15, 0.2) is 0 Å². The normalized spacial score (nSPS) is 23.9.